The summed E-state index contributed by atoms with van der Waals surface area (Å²) in [7, 11) is -3.72. The second-order valence-corrected chi connectivity index (χ2v) is 6.50. The van der Waals surface area contributed by atoms with Crippen LogP contribution in [0.15, 0.2) is 35.5 Å². The first-order chi connectivity index (χ1) is 9.94. The van der Waals surface area contributed by atoms with Gasteiger partial charge in [-0.25, -0.2) is 18.1 Å². The standard InChI is InChI=1S/C13H15ClN4O2S/c1-2-9-4-3-5-16-12(9)8-18-21(19,20)10-6-11(14)13(15)17-7-10/h3-7,18H,2,8H2,1H3,(H2,15,17). The van der Waals surface area contributed by atoms with Gasteiger partial charge in [-0.05, 0) is 24.1 Å². The molecule has 0 amide bonds. The number of nitrogens with one attached hydrogen (secondary N) is 1. The predicted molar refractivity (Wildman–Crippen MR) is 81.3 cm³/mol. The molecular formula is C13H15ClN4O2S. The Labute approximate surface area is 128 Å². The molecule has 112 valence electrons. The molecular weight excluding hydrogens is 312 g/mol. The molecule has 0 radical (unpaired) electrons. The van der Waals surface area contributed by atoms with Crippen molar-refractivity contribution in [3.63, 3.8) is 0 Å². The summed E-state index contributed by atoms with van der Waals surface area (Å²) in [5, 5.41) is 0.102. The summed E-state index contributed by atoms with van der Waals surface area (Å²) in [5.41, 5.74) is 7.15. The average Bonchev–Trinajstić information content (AvgIpc) is 2.48. The molecule has 0 bridgehead atoms. The molecule has 0 saturated carbocycles. The van der Waals surface area contributed by atoms with Crippen LogP contribution < -0.4 is 10.5 Å². The van der Waals surface area contributed by atoms with Crippen LogP contribution >= 0.6 is 11.6 Å². The van der Waals surface area contributed by atoms with Gasteiger partial charge in [-0.15, -0.1) is 0 Å². The number of nitrogens with two attached hydrogens (primary N) is 1. The molecule has 3 N–H and O–H groups in total. The number of halogens is 1. The van der Waals surface area contributed by atoms with E-state index in [9.17, 15) is 8.42 Å². The molecule has 2 aromatic heterocycles. The molecule has 2 aromatic rings. The Hall–Kier alpha value is -1.70. The third-order valence-electron chi connectivity index (χ3n) is 2.95. The van der Waals surface area contributed by atoms with Gasteiger partial charge in [0.2, 0.25) is 10.0 Å². The van der Waals surface area contributed by atoms with Crippen LogP contribution in [0.3, 0.4) is 0 Å². The molecule has 2 rings (SSSR count). The summed E-state index contributed by atoms with van der Waals surface area (Å²) < 4.78 is 26.9. The van der Waals surface area contributed by atoms with Gasteiger partial charge in [0.05, 0.1) is 17.3 Å². The van der Waals surface area contributed by atoms with E-state index in [2.05, 4.69) is 14.7 Å². The predicted octanol–water partition coefficient (Wildman–Crippen LogP) is 1.75. The van der Waals surface area contributed by atoms with Gasteiger partial charge in [0.1, 0.15) is 10.7 Å². The zero-order valence-corrected chi connectivity index (χ0v) is 12.9. The number of hydrogen-bond donors (Lipinski definition) is 2. The molecule has 0 unspecified atom stereocenters. The summed E-state index contributed by atoms with van der Waals surface area (Å²) in [5.74, 6) is 0.0913. The highest BCUT2D eigenvalue weighted by Gasteiger charge is 2.16. The van der Waals surface area contributed by atoms with Crippen LogP contribution in [-0.2, 0) is 23.0 Å². The third kappa shape index (κ3) is 3.69. The number of nitrogen functional groups attached to an aromatic ring is 1. The Morgan fingerprint density at radius 3 is 2.81 bits per heavy atom. The first kappa shape index (κ1) is 15.7. The molecule has 0 aliphatic rings. The molecule has 0 atom stereocenters. The lowest BCUT2D eigenvalue weighted by atomic mass is 10.1. The maximum absolute atomic E-state index is 12.2. The lowest BCUT2D eigenvalue weighted by molar-refractivity contribution is 0.579. The number of anilines is 1. The minimum Gasteiger partial charge on any atom is -0.382 e. The molecule has 0 saturated heterocycles. The Bertz CT molecular complexity index is 750. The van der Waals surface area contributed by atoms with Gasteiger partial charge in [-0.1, -0.05) is 24.6 Å². The van der Waals surface area contributed by atoms with Crippen molar-refractivity contribution < 1.29 is 8.42 Å². The van der Waals surface area contributed by atoms with Crippen LogP contribution in [0.1, 0.15) is 18.2 Å². The van der Waals surface area contributed by atoms with Crippen LogP contribution in [0.2, 0.25) is 5.02 Å². The number of rotatable bonds is 5. The van der Waals surface area contributed by atoms with E-state index in [1.807, 2.05) is 19.1 Å². The van der Waals surface area contributed by atoms with Crippen molar-refractivity contribution in [2.45, 2.75) is 24.8 Å². The maximum Gasteiger partial charge on any atom is 0.242 e. The molecule has 8 heteroatoms. The summed E-state index contributed by atoms with van der Waals surface area (Å²) >= 11 is 5.79. The van der Waals surface area contributed by atoms with E-state index in [0.29, 0.717) is 5.69 Å². The number of sulfonamides is 1. The monoisotopic (exact) mass is 326 g/mol. The number of nitrogens with zero attached hydrogens (tertiary/aromatic N) is 2. The lowest BCUT2D eigenvalue weighted by Gasteiger charge is -2.09. The zero-order chi connectivity index (χ0) is 15.5. The fraction of sp³-hybridized carbons (Fsp3) is 0.231. The molecule has 0 fully saturated rings. The van der Waals surface area contributed by atoms with Gasteiger partial charge in [0.25, 0.3) is 0 Å². The first-order valence-electron chi connectivity index (χ1n) is 6.27. The van der Waals surface area contributed by atoms with Gasteiger partial charge in [0.15, 0.2) is 0 Å². The highest BCUT2D eigenvalue weighted by Crippen LogP contribution is 2.20. The SMILES string of the molecule is CCc1cccnc1CNS(=O)(=O)c1cnc(N)c(Cl)c1. The minimum absolute atomic E-state index is 0.0318. The quantitative estimate of drug-likeness (QED) is 0.872. The van der Waals surface area contributed by atoms with E-state index in [1.54, 1.807) is 6.20 Å². The smallest absolute Gasteiger partial charge is 0.242 e. The molecule has 0 spiro atoms. The van der Waals surface area contributed by atoms with Crippen LogP contribution in [0.4, 0.5) is 5.82 Å². The Balaban J connectivity index is 2.20. The van der Waals surface area contributed by atoms with Gasteiger partial charge in [-0.2, -0.15) is 0 Å². The number of pyridine rings is 2. The number of hydrogen-bond acceptors (Lipinski definition) is 5. The summed E-state index contributed by atoms with van der Waals surface area (Å²) in [6, 6.07) is 5.00. The molecule has 21 heavy (non-hydrogen) atoms. The maximum atomic E-state index is 12.2. The summed E-state index contributed by atoms with van der Waals surface area (Å²) in [6.45, 7) is 2.09. The normalized spacial score (nSPS) is 11.5. The zero-order valence-electron chi connectivity index (χ0n) is 11.4. The van der Waals surface area contributed by atoms with E-state index >= 15 is 0 Å². The summed E-state index contributed by atoms with van der Waals surface area (Å²) in [4.78, 5) is 7.90. The molecule has 6 nitrogen and oxygen atoms in total. The van der Waals surface area contributed by atoms with Crippen molar-refractivity contribution in [1.29, 1.82) is 0 Å². The minimum atomic E-state index is -3.72. The van der Waals surface area contributed by atoms with Crippen LogP contribution in [0, 0.1) is 0 Å². The van der Waals surface area contributed by atoms with E-state index in [1.165, 1.54) is 12.3 Å². The van der Waals surface area contributed by atoms with E-state index in [-0.39, 0.29) is 22.3 Å². The van der Waals surface area contributed by atoms with Crippen LogP contribution in [-0.4, -0.2) is 18.4 Å². The fourth-order valence-electron chi connectivity index (χ4n) is 1.78. The Kier molecular flexibility index (Phi) is 4.76. The van der Waals surface area contributed by atoms with Crippen molar-refractivity contribution >= 4 is 27.4 Å². The van der Waals surface area contributed by atoms with E-state index in [0.717, 1.165) is 12.0 Å². The molecule has 0 aromatic carbocycles. The van der Waals surface area contributed by atoms with Crippen LogP contribution in [0.5, 0.6) is 0 Å². The van der Waals surface area contributed by atoms with Gasteiger partial charge < -0.3 is 5.73 Å². The largest absolute Gasteiger partial charge is 0.382 e. The molecule has 0 aliphatic carbocycles. The van der Waals surface area contributed by atoms with Crippen molar-refractivity contribution in [1.82, 2.24) is 14.7 Å². The van der Waals surface area contributed by atoms with Crippen molar-refractivity contribution in [3.05, 3.63) is 46.9 Å². The lowest BCUT2D eigenvalue weighted by Crippen LogP contribution is -2.24. The highest BCUT2D eigenvalue weighted by atomic mass is 35.5. The Morgan fingerprint density at radius 1 is 1.38 bits per heavy atom. The fourth-order valence-corrected chi connectivity index (χ4v) is 2.97. The van der Waals surface area contributed by atoms with Crippen molar-refractivity contribution in [3.8, 4) is 0 Å². The van der Waals surface area contributed by atoms with Crippen LogP contribution in [0.25, 0.3) is 0 Å². The van der Waals surface area contributed by atoms with Gasteiger partial charge in [-0.3, -0.25) is 4.98 Å². The first-order valence-corrected chi connectivity index (χ1v) is 8.13. The van der Waals surface area contributed by atoms with Gasteiger partial charge >= 0.3 is 0 Å². The van der Waals surface area contributed by atoms with Crippen molar-refractivity contribution in [2.75, 3.05) is 5.73 Å². The second kappa shape index (κ2) is 6.38. The van der Waals surface area contributed by atoms with E-state index < -0.39 is 10.0 Å². The van der Waals surface area contributed by atoms with Crippen molar-refractivity contribution in [2.24, 2.45) is 0 Å². The molecule has 2 heterocycles. The average molecular weight is 327 g/mol. The number of aromatic nitrogens is 2. The summed E-state index contributed by atoms with van der Waals surface area (Å²) in [6.07, 6.45) is 3.58. The third-order valence-corrected chi connectivity index (χ3v) is 4.62. The highest BCUT2D eigenvalue weighted by molar-refractivity contribution is 7.89. The van der Waals surface area contributed by atoms with E-state index in [4.69, 9.17) is 17.3 Å². The number of aryl methyl sites for hydroxylation is 1. The second-order valence-electron chi connectivity index (χ2n) is 4.33. The van der Waals surface area contributed by atoms with Gasteiger partial charge in [0, 0.05) is 12.4 Å². The topological polar surface area (TPSA) is 98.0 Å². The Morgan fingerprint density at radius 2 is 2.14 bits per heavy atom. The molecule has 0 aliphatic heterocycles.